The standard InChI is InChI=1S/C20H21FN2O4/c1-13(23-9-8-18(27-20(23)26)6-7-19(24)25)14-2-4-15(5-3-14)16-10-17(21)12-22-11-16/h2-5,10-13,18H,6-9H2,1H3,(H,24,25). The number of cyclic esters (lactones) is 1. The van der Waals surface area contributed by atoms with Gasteiger partial charge in [-0.3, -0.25) is 9.78 Å². The number of carboxylic acids is 1. The van der Waals surface area contributed by atoms with Gasteiger partial charge in [-0.2, -0.15) is 0 Å². The molecule has 6 nitrogen and oxygen atoms in total. The number of amides is 1. The van der Waals surface area contributed by atoms with E-state index in [0.717, 1.165) is 17.3 Å². The lowest BCUT2D eigenvalue weighted by Crippen LogP contribution is -2.43. The second-order valence-corrected chi connectivity index (χ2v) is 6.61. The average molecular weight is 372 g/mol. The molecular formula is C20H21FN2O4. The number of carboxylic acid groups (broad SMARTS) is 1. The fourth-order valence-corrected chi connectivity index (χ4v) is 3.19. The molecule has 0 saturated carbocycles. The lowest BCUT2D eigenvalue weighted by molar-refractivity contribution is -0.137. The van der Waals surface area contributed by atoms with E-state index in [9.17, 15) is 14.0 Å². The van der Waals surface area contributed by atoms with E-state index in [2.05, 4.69) is 4.98 Å². The summed E-state index contributed by atoms with van der Waals surface area (Å²) in [4.78, 5) is 28.4. The number of benzene rings is 1. The van der Waals surface area contributed by atoms with E-state index in [1.807, 2.05) is 31.2 Å². The Bertz CT molecular complexity index is 825. The molecule has 2 heterocycles. The molecular weight excluding hydrogens is 351 g/mol. The molecule has 7 heteroatoms. The monoisotopic (exact) mass is 372 g/mol. The molecule has 0 spiro atoms. The first-order chi connectivity index (χ1) is 12.9. The molecule has 1 amide bonds. The topological polar surface area (TPSA) is 79.7 Å². The summed E-state index contributed by atoms with van der Waals surface area (Å²) in [5, 5.41) is 8.74. The van der Waals surface area contributed by atoms with Crippen LogP contribution in [-0.2, 0) is 9.53 Å². The van der Waals surface area contributed by atoms with Crippen LogP contribution in [0.25, 0.3) is 11.1 Å². The number of hydrogen-bond donors (Lipinski definition) is 1. The summed E-state index contributed by atoms with van der Waals surface area (Å²) in [6, 6.07) is 8.77. The molecule has 1 aromatic heterocycles. The van der Waals surface area contributed by atoms with Crippen molar-refractivity contribution in [3.63, 3.8) is 0 Å². The normalized spacial score (nSPS) is 18.1. The molecule has 1 aromatic carbocycles. The van der Waals surface area contributed by atoms with E-state index in [1.54, 1.807) is 11.1 Å². The SMILES string of the molecule is CC(c1ccc(-c2cncc(F)c2)cc1)N1CCC(CCC(=O)O)OC1=O. The maximum atomic E-state index is 13.3. The van der Waals surface area contributed by atoms with Crippen LogP contribution in [0.15, 0.2) is 42.7 Å². The Labute approximate surface area is 156 Å². The van der Waals surface area contributed by atoms with E-state index in [1.165, 1.54) is 6.07 Å². The van der Waals surface area contributed by atoms with Crippen LogP contribution in [0.1, 0.15) is 37.8 Å². The second-order valence-electron chi connectivity index (χ2n) is 6.61. The number of halogens is 1. The number of aliphatic carboxylic acids is 1. The minimum atomic E-state index is -0.893. The number of rotatable bonds is 6. The van der Waals surface area contributed by atoms with Crippen molar-refractivity contribution in [1.82, 2.24) is 9.88 Å². The van der Waals surface area contributed by atoms with E-state index in [0.29, 0.717) is 24.9 Å². The minimum Gasteiger partial charge on any atom is -0.481 e. The highest BCUT2D eigenvalue weighted by molar-refractivity contribution is 5.70. The summed E-state index contributed by atoms with van der Waals surface area (Å²) in [6.07, 6.45) is 2.91. The molecule has 0 aliphatic carbocycles. The van der Waals surface area contributed by atoms with E-state index in [-0.39, 0.29) is 18.6 Å². The zero-order chi connectivity index (χ0) is 19.4. The Morgan fingerprint density at radius 2 is 2.07 bits per heavy atom. The lowest BCUT2D eigenvalue weighted by Gasteiger charge is -2.35. The molecule has 2 aromatic rings. The van der Waals surface area contributed by atoms with Crippen molar-refractivity contribution >= 4 is 12.1 Å². The maximum absolute atomic E-state index is 13.3. The molecule has 0 radical (unpaired) electrons. The fraction of sp³-hybridized carbons (Fsp3) is 0.350. The van der Waals surface area contributed by atoms with Crippen LogP contribution < -0.4 is 0 Å². The van der Waals surface area contributed by atoms with Crippen LogP contribution in [0.4, 0.5) is 9.18 Å². The summed E-state index contributed by atoms with van der Waals surface area (Å²) < 4.78 is 18.7. The summed E-state index contributed by atoms with van der Waals surface area (Å²) in [5.41, 5.74) is 2.46. The molecule has 2 atom stereocenters. The van der Waals surface area contributed by atoms with Gasteiger partial charge in [0.15, 0.2) is 0 Å². The Kier molecular flexibility index (Phi) is 5.69. The largest absolute Gasteiger partial charge is 0.481 e. The zero-order valence-electron chi connectivity index (χ0n) is 15.0. The van der Waals surface area contributed by atoms with Crippen molar-refractivity contribution in [2.45, 2.75) is 38.3 Å². The summed E-state index contributed by atoms with van der Waals surface area (Å²) in [6.45, 7) is 2.43. The molecule has 142 valence electrons. The Balaban J connectivity index is 1.65. The predicted octanol–water partition coefficient (Wildman–Crippen LogP) is 4.02. The van der Waals surface area contributed by atoms with Crippen LogP contribution in [0.3, 0.4) is 0 Å². The quantitative estimate of drug-likeness (QED) is 0.828. The minimum absolute atomic E-state index is 0.0100. The maximum Gasteiger partial charge on any atom is 0.410 e. The van der Waals surface area contributed by atoms with Crippen molar-refractivity contribution in [3.8, 4) is 11.1 Å². The summed E-state index contributed by atoms with van der Waals surface area (Å²) in [5.74, 6) is -1.28. The highest BCUT2D eigenvalue weighted by atomic mass is 19.1. The van der Waals surface area contributed by atoms with Crippen LogP contribution in [0, 0.1) is 5.82 Å². The van der Waals surface area contributed by atoms with Gasteiger partial charge >= 0.3 is 12.1 Å². The van der Waals surface area contributed by atoms with Gasteiger partial charge in [-0.25, -0.2) is 9.18 Å². The van der Waals surface area contributed by atoms with E-state index in [4.69, 9.17) is 9.84 Å². The van der Waals surface area contributed by atoms with E-state index >= 15 is 0 Å². The Morgan fingerprint density at radius 1 is 1.33 bits per heavy atom. The van der Waals surface area contributed by atoms with Crippen molar-refractivity contribution in [3.05, 3.63) is 54.1 Å². The van der Waals surface area contributed by atoms with Crippen molar-refractivity contribution in [2.24, 2.45) is 0 Å². The molecule has 3 rings (SSSR count). The van der Waals surface area contributed by atoms with Gasteiger partial charge in [-0.05, 0) is 30.5 Å². The molecule has 27 heavy (non-hydrogen) atoms. The third kappa shape index (κ3) is 4.61. The highest BCUT2D eigenvalue weighted by Gasteiger charge is 2.31. The first-order valence-electron chi connectivity index (χ1n) is 8.84. The molecule has 2 unspecified atom stereocenters. The Morgan fingerprint density at radius 3 is 2.70 bits per heavy atom. The number of aromatic nitrogens is 1. The molecule has 1 fully saturated rings. The van der Waals surface area contributed by atoms with Gasteiger partial charge in [0, 0.05) is 31.1 Å². The fourth-order valence-electron chi connectivity index (χ4n) is 3.19. The number of carbonyl (C=O) groups is 2. The summed E-state index contributed by atoms with van der Waals surface area (Å²) in [7, 11) is 0. The number of nitrogens with zero attached hydrogens (tertiary/aromatic N) is 2. The van der Waals surface area contributed by atoms with Gasteiger partial charge in [0.05, 0.1) is 12.2 Å². The van der Waals surface area contributed by atoms with Crippen molar-refractivity contribution < 1.29 is 23.8 Å². The summed E-state index contributed by atoms with van der Waals surface area (Å²) >= 11 is 0. The van der Waals surface area contributed by atoms with Gasteiger partial charge < -0.3 is 14.7 Å². The van der Waals surface area contributed by atoms with Crippen LogP contribution in [0.5, 0.6) is 0 Å². The van der Waals surface area contributed by atoms with Crippen LogP contribution in [-0.4, -0.2) is 39.7 Å². The van der Waals surface area contributed by atoms with Crippen LogP contribution in [0.2, 0.25) is 0 Å². The number of pyridine rings is 1. The molecule has 1 aliphatic heterocycles. The zero-order valence-corrected chi connectivity index (χ0v) is 15.0. The number of carbonyl (C=O) groups excluding carboxylic acids is 1. The second kappa shape index (κ2) is 8.16. The van der Waals surface area contributed by atoms with Crippen molar-refractivity contribution in [1.29, 1.82) is 0 Å². The first-order valence-corrected chi connectivity index (χ1v) is 8.84. The number of hydrogen-bond acceptors (Lipinski definition) is 4. The molecule has 1 N–H and O–H groups in total. The molecule has 1 aliphatic rings. The predicted molar refractivity (Wildman–Crippen MR) is 96.5 cm³/mol. The molecule has 1 saturated heterocycles. The highest BCUT2D eigenvalue weighted by Crippen LogP contribution is 2.28. The van der Waals surface area contributed by atoms with Crippen molar-refractivity contribution in [2.75, 3.05) is 6.54 Å². The molecule has 0 bridgehead atoms. The third-order valence-electron chi connectivity index (χ3n) is 4.77. The van der Waals surface area contributed by atoms with Gasteiger partial charge in [-0.1, -0.05) is 24.3 Å². The van der Waals surface area contributed by atoms with Crippen LogP contribution >= 0.6 is 0 Å². The van der Waals surface area contributed by atoms with Gasteiger partial charge in [0.2, 0.25) is 0 Å². The van der Waals surface area contributed by atoms with Gasteiger partial charge in [0.25, 0.3) is 0 Å². The van der Waals surface area contributed by atoms with Gasteiger partial charge in [0.1, 0.15) is 11.9 Å². The first kappa shape index (κ1) is 18.8. The Hall–Kier alpha value is -2.96. The van der Waals surface area contributed by atoms with Gasteiger partial charge in [-0.15, -0.1) is 0 Å². The third-order valence-corrected chi connectivity index (χ3v) is 4.77. The average Bonchev–Trinajstić information content (AvgIpc) is 2.66. The number of ether oxygens (including phenoxy) is 1. The van der Waals surface area contributed by atoms with E-state index < -0.39 is 17.9 Å². The lowest BCUT2D eigenvalue weighted by atomic mass is 10.0. The smallest absolute Gasteiger partial charge is 0.410 e.